The van der Waals surface area contributed by atoms with E-state index in [1.807, 2.05) is 35.7 Å². The first-order valence-corrected chi connectivity index (χ1v) is 10.1. The number of nitrogens with zero attached hydrogens (tertiary/aromatic N) is 2. The maximum absolute atomic E-state index is 12.9. The molecule has 2 heterocycles. The summed E-state index contributed by atoms with van der Waals surface area (Å²) in [5.41, 5.74) is 1.45. The molecule has 0 spiro atoms. The molecule has 6 heteroatoms. The van der Waals surface area contributed by atoms with Crippen LogP contribution in [0.4, 0.5) is 0 Å². The second-order valence-electron chi connectivity index (χ2n) is 7.88. The van der Waals surface area contributed by atoms with Crippen molar-refractivity contribution < 1.29 is 14.3 Å². The van der Waals surface area contributed by atoms with Crippen molar-refractivity contribution in [1.29, 1.82) is 0 Å². The van der Waals surface area contributed by atoms with Gasteiger partial charge in [0.15, 0.2) is 5.78 Å². The number of Topliss-reactive ketones (excluding diaryl/α,β-unsaturated/α-hetero) is 1. The van der Waals surface area contributed by atoms with E-state index in [0.29, 0.717) is 25.3 Å². The van der Waals surface area contributed by atoms with Crippen LogP contribution in [0.2, 0.25) is 0 Å². The lowest BCUT2D eigenvalue weighted by molar-refractivity contribution is -0.139. The van der Waals surface area contributed by atoms with Gasteiger partial charge in [-0.25, -0.2) is 4.98 Å². The smallest absolute Gasteiger partial charge is 0.229 e. The molecule has 1 saturated heterocycles. The van der Waals surface area contributed by atoms with Gasteiger partial charge in [-0.15, -0.1) is 11.3 Å². The first-order valence-electron chi connectivity index (χ1n) is 9.25. The van der Waals surface area contributed by atoms with Crippen LogP contribution in [0, 0.1) is 0 Å². The van der Waals surface area contributed by atoms with Gasteiger partial charge < -0.3 is 9.64 Å². The number of hydrogen-bond acceptors (Lipinski definition) is 5. The van der Waals surface area contributed by atoms with Crippen LogP contribution in [0.1, 0.15) is 48.3 Å². The van der Waals surface area contributed by atoms with E-state index in [4.69, 9.17) is 4.74 Å². The number of rotatable bonds is 5. The van der Waals surface area contributed by atoms with Crippen molar-refractivity contribution in [3.63, 3.8) is 0 Å². The minimum atomic E-state index is -0.223. The number of carbonyl (C=O) groups excluding carboxylic acids is 2. The van der Waals surface area contributed by atoms with Crippen LogP contribution in [0.5, 0.6) is 0 Å². The molecule has 1 aliphatic heterocycles. The number of ether oxygens (including phenoxy) is 1. The lowest BCUT2D eigenvalue weighted by atomic mass is 9.98. The highest BCUT2D eigenvalue weighted by Gasteiger charge is 2.30. The molecular formula is C21H26N2O3S. The Morgan fingerprint density at radius 3 is 2.67 bits per heavy atom. The van der Waals surface area contributed by atoms with Gasteiger partial charge in [0.05, 0.1) is 36.4 Å². The summed E-state index contributed by atoms with van der Waals surface area (Å²) in [5.74, 6) is 0.0440. The minimum absolute atomic E-state index is 0.00919. The Labute approximate surface area is 164 Å². The monoisotopic (exact) mass is 386 g/mol. The Kier molecular flexibility index (Phi) is 6.07. The van der Waals surface area contributed by atoms with Crippen molar-refractivity contribution in [2.75, 3.05) is 19.8 Å². The zero-order valence-corrected chi connectivity index (χ0v) is 16.9. The number of aromatic nitrogens is 1. The van der Waals surface area contributed by atoms with E-state index in [1.54, 1.807) is 16.2 Å². The van der Waals surface area contributed by atoms with Gasteiger partial charge in [0.25, 0.3) is 0 Å². The van der Waals surface area contributed by atoms with Crippen molar-refractivity contribution in [1.82, 2.24) is 9.88 Å². The van der Waals surface area contributed by atoms with Crippen LogP contribution in [0.15, 0.2) is 35.7 Å². The molecule has 0 bridgehead atoms. The number of thiazole rings is 1. The van der Waals surface area contributed by atoms with Gasteiger partial charge in [0, 0.05) is 29.3 Å². The van der Waals surface area contributed by atoms with Crippen molar-refractivity contribution in [3.8, 4) is 0 Å². The Balaban J connectivity index is 1.66. The summed E-state index contributed by atoms with van der Waals surface area (Å²) >= 11 is 1.59. The second-order valence-corrected chi connectivity index (χ2v) is 8.74. The topological polar surface area (TPSA) is 59.5 Å². The van der Waals surface area contributed by atoms with Crippen molar-refractivity contribution in [2.24, 2.45) is 0 Å². The molecule has 27 heavy (non-hydrogen) atoms. The number of benzene rings is 1. The Morgan fingerprint density at radius 2 is 2.00 bits per heavy atom. The van der Waals surface area contributed by atoms with Crippen molar-refractivity contribution in [2.45, 2.75) is 45.1 Å². The molecule has 1 amide bonds. The van der Waals surface area contributed by atoms with Crippen LogP contribution in [0.25, 0.3) is 0 Å². The van der Waals surface area contributed by atoms with Crippen LogP contribution < -0.4 is 0 Å². The fourth-order valence-electron chi connectivity index (χ4n) is 3.10. The SMILES string of the molecule is CC(C)(C)c1nc(CC(=O)N2CCOC[C@@H]2CC(=O)c2ccccc2)cs1. The number of ketones is 1. The third-order valence-electron chi connectivity index (χ3n) is 4.59. The van der Waals surface area contributed by atoms with E-state index >= 15 is 0 Å². The van der Waals surface area contributed by atoms with Gasteiger partial charge in [-0.1, -0.05) is 51.1 Å². The Morgan fingerprint density at radius 1 is 1.26 bits per heavy atom. The predicted molar refractivity (Wildman–Crippen MR) is 106 cm³/mol. The third-order valence-corrected chi connectivity index (χ3v) is 5.91. The van der Waals surface area contributed by atoms with Crippen LogP contribution in [-0.4, -0.2) is 47.4 Å². The average Bonchev–Trinajstić information content (AvgIpc) is 3.12. The Bertz CT molecular complexity index is 795. The summed E-state index contributed by atoms with van der Waals surface area (Å²) in [4.78, 5) is 31.8. The fraction of sp³-hybridized carbons (Fsp3) is 0.476. The zero-order chi connectivity index (χ0) is 19.4. The third kappa shape index (κ3) is 5.02. The summed E-state index contributed by atoms with van der Waals surface area (Å²) in [6, 6.07) is 8.98. The molecule has 1 fully saturated rings. The van der Waals surface area contributed by atoms with Gasteiger partial charge in [0.2, 0.25) is 5.91 Å². The summed E-state index contributed by atoms with van der Waals surface area (Å²) in [5, 5.41) is 2.99. The van der Waals surface area contributed by atoms with E-state index in [9.17, 15) is 9.59 Å². The normalized spacial score (nSPS) is 17.7. The zero-order valence-electron chi connectivity index (χ0n) is 16.1. The van der Waals surface area contributed by atoms with Crippen molar-refractivity contribution in [3.05, 3.63) is 52.0 Å². The van der Waals surface area contributed by atoms with Crippen molar-refractivity contribution >= 4 is 23.0 Å². The fourth-order valence-corrected chi connectivity index (χ4v) is 4.00. The molecule has 3 rings (SSSR count). The van der Waals surface area contributed by atoms with Crippen LogP contribution in [0.3, 0.4) is 0 Å². The molecule has 2 aromatic rings. The maximum atomic E-state index is 12.9. The molecule has 1 aromatic carbocycles. The molecule has 5 nitrogen and oxygen atoms in total. The van der Waals surface area contributed by atoms with Gasteiger partial charge in [-0.05, 0) is 0 Å². The molecule has 0 aliphatic carbocycles. The predicted octanol–water partition coefficient (Wildman–Crippen LogP) is 3.48. The van der Waals surface area contributed by atoms with Crippen LogP contribution in [-0.2, 0) is 21.4 Å². The summed E-state index contributed by atoms with van der Waals surface area (Å²) < 4.78 is 5.54. The van der Waals surface area contributed by atoms with Crippen LogP contribution >= 0.6 is 11.3 Å². The highest BCUT2D eigenvalue weighted by atomic mass is 32.1. The molecule has 1 aliphatic rings. The number of morpholine rings is 1. The average molecular weight is 387 g/mol. The van der Waals surface area contributed by atoms with Gasteiger partial charge in [0.1, 0.15) is 0 Å². The maximum Gasteiger partial charge on any atom is 0.229 e. The van der Waals surface area contributed by atoms with E-state index in [2.05, 4.69) is 25.8 Å². The molecular weight excluding hydrogens is 360 g/mol. The number of carbonyl (C=O) groups is 2. The van der Waals surface area contributed by atoms with E-state index < -0.39 is 0 Å². The summed E-state index contributed by atoms with van der Waals surface area (Å²) in [6.45, 7) is 7.77. The molecule has 1 atom stereocenters. The molecule has 144 valence electrons. The van der Waals surface area contributed by atoms with Gasteiger partial charge in [-0.2, -0.15) is 0 Å². The summed E-state index contributed by atoms with van der Waals surface area (Å²) in [7, 11) is 0. The Hall–Kier alpha value is -2.05. The molecule has 0 unspecified atom stereocenters. The lowest BCUT2D eigenvalue weighted by Crippen LogP contribution is -2.50. The minimum Gasteiger partial charge on any atom is -0.377 e. The largest absolute Gasteiger partial charge is 0.377 e. The van der Waals surface area contributed by atoms with E-state index in [1.165, 1.54) is 0 Å². The number of hydrogen-bond donors (Lipinski definition) is 0. The highest BCUT2D eigenvalue weighted by Crippen LogP contribution is 2.26. The van der Waals surface area contributed by atoms with E-state index in [0.717, 1.165) is 10.7 Å². The van der Waals surface area contributed by atoms with Gasteiger partial charge >= 0.3 is 0 Å². The summed E-state index contributed by atoms with van der Waals surface area (Å²) in [6.07, 6.45) is 0.544. The first kappa shape index (κ1) is 19.7. The second kappa shape index (κ2) is 8.31. The highest BCUT2D eigenvalue weighted by molar-refractivity contribution is 7.09. The first-order chi connectivity index (χ1) is 12.8. The van der Waals surface area contributed by atoms with E-state index in [-0.39, 0.29) is 36.0 Å². The molecule has 1 aromatic heterocycles. The molecule has 0 N–H and O–H groups in total. The standard InChI is InChI=1S/C21H26N2O3S/c1-21(2,3)20-22-16(14-27-20)11-19(25)23-9-10-26-13-17(23)12-18(24)15-7-5-4-6-8-15/h4-8,14,17H,9-13H2,1-3H3/t17-/m0/s1. The molecule has 0 saturated carbocycles. The lowest BCUT2D eigenvalue weighted by Gasteiger charge is -2.35. The quantitative estimate of drug-likeness (QED) is 0.738. The number of amides is 1. The van der Waals surface area contributed by atoms with Gasteiger partial charge in [-0.3, -0.25) is 9.59 Å². The molecule has 0 radical (unpaired) electrons.